The van der Waals surface area contributed by atoms with Gasteiger partial charge in [0.15, 0.2) is 0 Å². The maximum atomic E-state index is 13.7. The lowest BCUT2D eigenvalue weighted by molar-refractivity contribution is -0.118. The van der Waals surface area contributed by atoms with Crippen LogP contribution in [0, 0.1) is 0 Å². The van der Waals surface area contributed by atoms with Crippen LogP contribution in [0.25, 0.3) is 11.1 Å². The molecule has 4 aromatic carbocycles. The van der Waals surface area contributed by atoms with E-state index in [4.69, 9.17) is 4.74 Å². The highest BCUT2D eigenvalue weighted by molar-refractivity contribution is 6.07. The van der Waals surface area contributed by atoms with Crippen molar-refractivity contribution in [3.63, 3.8) is 0 Å². The Labute approximate surface area is 199 Å². The topological polar surface area (TPSA) is 49.8 Å². The van der Waals surface area contributed by atoms with E-state index in [1.165, 1.54) is 5.56 Å². The van der Waals surface area contributed by atoms with Gasteiger partial charge < -0.3 is 14.7 Å². The van der Waals surface area contributed by atoms with Gasteiger partial charge in [-0.1, -0.05) is 72.8 Å². The van der Waals surface area contributed by atoms with Crippen molar-refractivity contribution >= 4 is 11.6 Å². The van der Waals surface area contributed by atoms with E-state index in [1.54, 1.807) is 6.07 Å². The molecule has 0 radical (unpaired) electrons. The van der Waals surface area contributed by atoms with Crippen molar-refractivity contribution in [2.45, 2.75) is 25.3 Å². The maximum Gasteiger partial charge on any atom is 0.239 e. The van der Waals surface area contributed by atoms with Gasteiger partial charge >= 0.3 is 0 Å². The minimum atomic E-state index is -0.546. The van der Waals surface area contributed by atoms with Crippen LogP contribution in [0.5, 0.6) is 11.5 Å². The Morgan fingerprint density at radius 2 is 1.59 bits per heavy atom. The molecule has 0 spiro atoms. The zero-order valence-corrected chi connectivity index (χ0v) is 18.8. The number of phenolic OH excluding ortho intramolecular Hbond substituents is 1. The summed E-state index contributed by atoms with van der Waals surface area (Å²) in [5.41, 5.74) is 6.79. The number of anilines is 1. The molecule has 6 rings (SSSR count). The predicted molar refractivity (Wildman–Crippen MR) is 133 cm³/mol. The fraction of sp³-hybridized carbons (Fsp3) is 0.167. The average Bonchev–Trinajstić information content (AvgIpc) is 3.15. The number of rotatable bonds is 4. The number of benzene rings is 4. The van der Waals surface area contributed by atoms with Gasteiger partial charge in [-0.3, -0.25) is 4.79 Å². The SMILES string of the molecule is O=C1C(c2cc3c(cc2O)CCCO3)c2ccccc2N1Cc1ccc(-c2ccccc2)cc1. The monoisotopic (exact) mass is 447 g/mol. The van der Waals surface area contributed by atoms with Gasteiger partial charge in [0.25, 0.3) is 0 Å². The molecule has 0 saturated carbocycles. The first-order valence-corrected chi connectivity index (χ1v) is 11.7. The lowest BCUT2D eigenvalue weighted by atomic mass is 9.90. The smallest absolute Gasteiger partial charge is 0.239 e. The molecule has 1 atom stereocenters. The number of fused-ring (bicyclic) bond motifs is 2. The van der Waals surface area contributed by atoms with Gasteiger partial charge in [0.2, 0.25) is 5.91 Å². The largest absolute Gasteiger partial charge is 0.508 e. The normalized spacial score (nSPS) is 16.6. The van der Waals surface area contributed by atoms with Crippen molar-refractivity contribution in [2.75, 3.05) is 11.5 Å². The lowest BCUT2D eigenvalue weighted by Crippen LogP contribution is -2.28. The molecular formula is C30H25NO3. The zero-order valence-electron chi connectivity index (χ0n) is 18.8. The molecule has 0 aromatic heterocycles. The van der Waals surface area contributed by atoms with Crippen molar-refractivity contribution in [2.24, 2.45) is 0 Å². The second-order valence-electron chi connectivity index (χ2n) is 8.95. The summed E-state index contributed by atoms with van der Waals surface area (Å²) in [5.74, 6) is 0.362. The Hall–Kier alpha value is -4.05. The summed E-state index contributed by atoms with van der Waals surface area (Å²) >= 11 is 0. The molecule has 0 bridgehead atoms. The number of amides is 1. The van der Waals surface area contributed by atoms with Gasteiger partial charge in [-0.15, -0.1) is 0 Å². The minimum absolute atomic E-state index is 0.0283. The van der Waals surface area contributed by atoms with Crippen LogP contribution in [0.15, 0.2) is 91.0 Å². The number of carbonyl (C=O) groups is 1. The van der Waals surface area contributed by atoms with E-state index in [0.29, 0.717) is 18.7 Å². The van der Waals surface area contributed by atoms with Crippen LogP contribution in [0.1, 0.15) is 34.6 Å². The van der Waals surface area contributed by atoms with E-state index < -0.39 is 5.92 Å². The number of hydrogen-bond donors (Lipinski definition) is 1. The fourth-order valence-electron chi connectivity index (χ4n) is 5.10. The Balaban J connectivity index is 1.33. The standard InChI is InChI=1S/C30H25NO3/c32-27-17-23-9-6-16-34-28(23)18-25(27)29-24-10-4-5-11-26(24)31(30(29)33)19-20-12-14-22(15-13-20)21-7-2-1-3-8-21/h1-5,7-8,10-15,17-18,29,32H,6,9,16,19H2. The number of aromatic hydroxyl groups is 1. The molecule has 34 heavy (non-hydrogen) atoms. The Morgan fingerprint density at radius 3 is 2.41 bits per heavy atom. The third-order valence-electron chi connectivity index (χ3n) is 6.82. The van der Waals surface area contributed by atoms with Crippen molar-refractivity contribution in [1.82, 2.24) is 0 Å². The number of nitrogens with zero attached hydrogens (tertiary/aromatic N) is 1. The summed E-state index contributed by atoms with van der Waals surface area (Å²) in [7, 11) is 0. The van der Waals surface area contributed by atoms with Crippen LogP contribution in [0.3, 0.4) is 0 Å². The molecule has 0 aliphatic carbocycles. The zero-order chi connectivity index (χ0) is 23.1. The number of para-hydroxylation sites is 1. The summed E-state index contributed by atoms with van der Waals surface area (Å²) in [6, 6.07) is 30.1. The molecule has 1 N–H and O–H groups in total. The predicted octanol–water partition coefficient (Wildman–Crippen LogP) is 6.06. The van der Waals surface area contributed by atoms with E-state index in [0.717, 1.165) is 46.5 Å². The molecule has 0 fully saturated rings. The molecule has 4 aromatic rings. The quantitative estimate of drug-likeness (QED) is 0.414. The number of ether oxygens (including phenoxy) is 1. The number of carbonyl (C=O) groups excluding carboxylic acids is 1. The first-order chi connectivity index (χ1) is 16.7. The molecule has 2 aliphatic heterocycles. The minimum Gasteiger partial charge on any atom is -0.508 e. The van der Waals surface area contributed by atoms with E-state index in [9.17, 15) is 9.90 Å². The molecule has 2 heterocycles. The molecular weight excluding hydrogens is 422 g/mol. The summed E-state index contributed by atoms with van der Waals surface area (Å²) in [6.45, 7) is 1.14. The third-order valence-corrected chi connectivity index (χ3v) is 6.82. The van der Waals surface area contributed by atoms with E-state index in [2.05, 4.69) is 36.4 Å². The summed E-state index contributed by atoms with van der Waals surface area (Å²) in [5, 5.41) is 10.9. The van der Waals surface area contributed by atoms with Gasteiger partial charge in [0.1, 0.15) is 11.5 Å². The second kappa shape index (κ2) is 8.38. The molecule has 2 aliphatic rings. The van der Waals surface area contributed by atoms with Crippen LogP contribution >= 0.6 is 0 Å². The van der Waals surface area contributed by atoms with Gasteiger partial charge in [0, 0.05) is 11.3 Å². The van der Waals surface area contributed by atoms with Crippen LogP contribution in [0.4, 0.5) is 5.69 Å². The van der Waals surface area contributed by atoms with Gasteiger partial charge in [-0.05, 0) is 58.9 Å². The molecule has 4 nitrogen and oxygen atoms in total. The second-order valence-corrected chi connectivity index (χ2v) is 8.95. The highest BCUT2D eigenvalue weighted by atomic mass is 16.5. The first-order valence-electron chi connectivity index (χ1n) is 11.7. The summed E-state index contributed by atoms with van der Waals surface area (Å²) in [6.07, 6.45) is 1.82. The van der Waals surface area contributed by atoms with Gasteiger partial charge in [0.05, 0.1) is 19.1 Å². The van der Waals surface area contributed by atoms with Crippen LogP contribution < -0.4 is 9.64 Å². The van der Waals surface area contributed by atoms with E-state index in [-0.39, 0.29) is 11.7 Å². The Kier molecular flexibility index (Phi) is 5.06. The van der Waals surface area contributed by atoms with Crippen molar-refractivity contribution in [3.05, 3.63) is 113 Å². The highest BCUT2D eigenvalue weighted by Gasteiger charge is 2.39. The Morgan fingerprint density at radius 1 is 0.853 bits per heavy atom. The lowest BCUT2D eigenvalue weighted by Gasteiger charge is -2.21. The van der Waals surface area contributed by atoms with Gasteiger partial charge in [-0.2, -0.15) is 0 Å². The van der Waals surface area contributed by atoms with Crippen molar-refractivity contribution < 1.29 is 14.6 Å². The van der Waals surface area contributed by atoms with Crippen LogP contribution in [-0.4, -0.2) is 17.6 Å². The fourth-order valence-corrected chi connectivity index (χ4v) is 5.10. The van der Waals surface area contributed by atoms with Crippen LogP contribution in [-0.2, 0) is 17.8 Å². The van der Waals surface area contributed by atoms with E-state index >= 15 is 0 Å². The van der Waals surface area contributed by atoms with Crippen LogP contribution in [0.2, 0.25) is 0 Å². The summed E-state index contributed by atoms with van der Waals surface area (Å²) in [4.78, 5) is 15.6. The number of hydrogen-bond acceptors (Lipinski definition) is 3. The first kappa shape index (κ1) is 20.5. The third kappa shape index (κ3) is 3.52. The van der Waals surface area contributed by atoms with Gasteiger partial charge in [-0.25, -0.2) is 0 Å². The molecule has 4 heteroatoms. The maximum absolute atomic E-state index is 13.7. The van der Waals surface area contributed by atoms with Crippen molar-refractivity contribution in [1.29, 1.82) is 0 Å². The number of phenols is 1. The Bertz CT molecular complexity index is 1360. The summed E-state index contributed by atoms with van der Waals surface area (Å²) < 4.78 is 5.84. The average molecular weight is 448 g/mol. The highest BCUT2D eigenvalue weighted by Crippen LogP contribution is 2.46. The molecule has 168 valence electrons. The number of aryl methyl sites for hydroxylation is 1. The van der Waals surface area contributed by atoms with E-state index in [1.807, 2.05) is 53.4 Å². The van der Waals surface area contributed by atoms with Crippen molar-refractivity contribution in [3.8, 4) is 22.6 Å². The molecule has 1 amide bonds. The molecule has 0 saturated heterocycles. The molecule has 1 unspecified atom stereocenters.